The molecule has 1 aromatic heterocycles. The van der Waals surface area contributed by atoms with Crippen LogP contribution in [-0.2, 0) is 23.2 Å². The molecule has 2 amide bonds. The predicted octanol–water partition coefficient (Wildman–Crippen LogP) is 2.31. The van der Waals surface area contributed by atoms with Gasteiger partial charge in [-0.3, -0.25) is 9.59 Å². The minimum atomic E-state index is 0.123. The van der Waals surface area contributed by atoms with Gasteiger partial charge in [0, 0.05) is 36.9 Å². The number of hydrogen-bond donors (Lipinski definition) is 0. The highest BCUT2D eigenvalue weighted by Gasteiger charge is 2.41. The average Bonchev–Trinajstić information content (AvgIpc) is 3.40. The smallest absolute Gasteiger partial charge is 0.242 e. The van der Waals surface area contributed by atoms with Gasteiger partial charge in [-0.25, -0.2) is 0 Å². The molecule has 0 saturated heterocycles. The molecule has 3 saturated carbocycles. The summed E-state index contributed by atoms with van der Waals surface area (Å²) in [6.45, 7) is 0.935. The second kappa shape index (κ2) is 6.26. The molecule has 0 N–H and O–H groups in total. The Morgan fingerprint density at radius 2 is 1.75 bits per heavy atom. The van der Waals surface area contributed by atoms with Gasteiger partial charge >= 0.3 is 0 Å². The van der Waals surface area contributed by atoms with E-state index in [2.05, 4.69) is 10.6 Å². The molecule has 0 aliphatic heterocycles. The number of carbonyl (C=O) groups excluding carboxylic acids is 2. The SMILES string of the molecule is Cn1cccc1CN(C(=O)CN(C(=O)C1CCC1)C1CC1)C1CC1. The van der Waals surface area contributed by atoms with Crippen LogP contribution in [0.5, 0.6) is 0 Å². The van der Waals surface area contributed by atoms with Crippen molar-refractivity contribution in [1.82, 2.24) is 14.4 Å². The highest BCUT2D eigenvalue weighted by atomic mass is 16.2. The normalized spacial score (nSPS) is 20.5. The summed E-state index contributed by atoms with van der Waals surface area (Å²) < 4.78 is 2.07. The van der Waals surface area contributed by atoms with Crippen molar-refractivity contribution < 1.29 is 9.59 Å². The van der Waals surface area contributed by atoms with E-state index < -0.39 is 0 Å². The van der Waals surface area contributed by atoms with E-state index in [0.29, 0.717) is 18.6 Å². The molecule has 3 fully saturated rings. The third-order valence-electron chi connectivity index (χ3n) is 5.72. The third-order valence-corrected chi connectivity index (χ3v) is 5.72. The summed E-state index contributed by atoms with van der Waals surface area (Å²) in [7, 11) is 2.02. The fourth-order valence-corrected chi connectivity index (χ4v) is 3.54. The van der Waals surface area contributed by atoms with Gasteiger partial charge in [0.15, 0.2) is 0 Å². The van der Waals surface area contributed by atoms with Gasteiger partial charge in [0.05, 0.1) is 6.54 Å². The van der Waals surface area contributed by atoms with Gasteiger partial charge in [-0.15, -0.1) is 0 Å². The molecule has 1 aromatic rings. The zero-order chi connectivity index (χ0) is 16.7. The number of carbonyl (C=O) groups is 2. The molecule has 0 aromatic carbocycles. The minimum Gasteiger partial charge on any atom is -0.353 e. The van der Waals surface area contributed by atoms with Gasteiger partial charge in [0.1, 0.15) is 6.54 Å². The summed E-state index contributed by atoms with van der Waals surface area (Å²) in [5, 5.41) is 0. The number of aryl methyl sites for hydroxylation is 1. The molecule has 0 radical (unpaired) electrons. The number of rotatable bonds is 7. The predicted molar refractivity (Wildman–Crippen MR) is 91.1 cm³/mol. The van der Waals surface area contributed by atoms with Gasteiger partial charge < -0.3 is 14.4 Å². The van der Waals surface area contributed by atoms with E-state index in [1.165, 1.54) is 0 Å². The van der Waals surface area contributed by atoms with Crippen LogP contribution in [0, 0.1) is 5.92 Å². The minimum absolute atomic E-state index is 0.123. The summed E-state index contributed by atoms with van der Waals surface area (Å²) in [6, 6.07) is 4.77. The van der Waals surface area contributed by atoms with Crippen molar-refractivity contribution in [3.63, 3.8) is 0 Å². The maximum atomic E-state index is 13.0. The molecule has 3 aliphatic carbocycles. The van der Waals surface area contributed by atoms with Crippen molar-refractivity contribution in [1.29, 1.82) is 0 Å². The maximum absolute atomic E-state index is 13.0. The van der Waals surface area contributed by atoms with E-state index in [1.54, 1.807) is 0 Å². The number of amides is 2. The van der Waals surface area contributed by atoms with Gasteiger partial charge in [-0.05, 0) is 50.7 Å². The average molecular weight is 329 g/mol. The Balaban J connectivity index is 1.43. The molecule has 0 spiro atoms. The Morgan fingerprint density at radius 3 is 2.25 bits per heavy atom. The molecular formula is C19H27N3O2. The standard InChI is InChI=1S/C19H27N3O2/c1-20-11-3-6-17(20)12-21(15-7-8-15)18(23)13-22(16-9-10-16)19(24)14-4-2-5-14/h3,6,11,14-16H,2,4-5,7-10,12-13H2,1H3. The highest BCUT2D eigenvalue weighted by molar-refractivity contribution is 5.87. The van der Waals surface area contributed by atoms with Crippen LogP contribution in [0.25, 0.3) is 0 Å². The van der Waals surface area contributed by atoms with Crippen LogP contribution >= 0.6 is 0 Å². The number of nitrogens with zero attached hydrogens (tertiary/aromatic N) is 3. The first-order valence-electron chi connectivity index (χ1n) is 9.33. The van der Waals surface area contributed by atoms with Gasteiger partial charge in [0.25, 0.3) is 0 Å². The van der Waals surface area contributed by atoms with Crippen molar-refractivity contribution in [2.24, 2.45) is 13.0 Å². The molecule has 5 heteroatoms. The fraction of sp³-hybridized carbons (Fsp3) is 0.684. The molecule has 0 unspecified atom stereocenters. The van der Waals surface area contributed by atoms with Crippen LogP contribution in [0.4, 0.5) is 0 Å². The van der Waals surface area contributed by atoms with Crippen molar-refractivity contribution in [3.8, 4) is 0 Å². The lowest BCUT2D eigenvalue weighted by Gasteiger charge is -2.33. The molecule has 130 valence electrons. The van der Waals surface area contributed by atoms with Crippen molar-refractivity contribution in [2.75, 3.05) is 6.54 Å². The Morgan fingerprint density at radius 1 is 1.08 bits per heavy atom. The first-order valence-corrected chi connectivity index (χ1v) is 9.33. The Hall–Kier alpha value is -1.78. The first-order chi connectivity index (χ1) is 11.6. The number of hydrogen-bond acceptors (Lipinski definition) is 2. The molecule has 5 nitrogen and oxygen atoms in total. The van der Waals surface area contributed by atoms with Crippen LogP contribution < -0.4 is 0 Å². The zero-order valence-corrected chi connectivity index (χ0v) is 14.5. The van der Waals surface area contributed by atoms with E-state index in [9.17, 15) is 9.59 Å². The lowest BCUT2D eigenvalue weighted by Crippen LogP contribution is -2.47. The summed E-state index contributed by atoms with van der Waals surface area (Å²) in [5.41, 5.74) is 1.15. The Kier molecular flexibility index (Phi) is 4.10. The Bertz CT molecular complexity index is 626. The quantitative estimate of drug-likeness (QED) is 0.770. The topological polar surface area (TPSA) is 45.6 Å². The second-order valence-corrected chi connectivity index (χ2v) is 7.69. The summed E-state index contributed by atoms with van der Waals surface area (Å²) in [4.78, 5) is 29.5. The van der Waals surface area contributed by atoms with Gasteiger partial charge in [-0.2, -0.15) is 0 Å². The molecule has 1 heterocycles. The van der Waals surface area contributed by atoms with Crippen LogP contribution in [-0.4, -0.2) is 44.8 Å². The summed E-state index contributed by atoms with van der Waals surface area (Å²) >= 11 is 0. The van der Waals surface area contributed by atoms with Crippen molar-refractivity contribution in [3.05, 3.63) is 24.0 Å². The van der Waals surface area contributed by atoms with Crippen molar-refractivity contribution >= 4 is 11.8 Å². The first kappa shape index (κ1) is 15.7. The highest BCUT2D eigenvalue weighted by Crippen LogP contribution is 2.35. The summed E-state index contributed by atoms with van der Waals surface area (Å²) in [6.07, 6.45) is 9.50. The lowest BCUT2D eigenvalue weighted by atomic mass is 9.84. The van der Waals surface area contributed by atoms with Crippen LogP contribution in [0.15, 0.2) is 18.3 Å². The molecule has 3 aliphatic rings. The molecule has 24 heavy (non-hydrogen) atoms. The van der Waals surface area contributed by atoms with E-state index in [0.717, 1.165) is 50.6 Å². The fourth-order valence-electron chi connectivity index (χ4n) is 3.54. The van der Waals surface area contributed by atoms with Crippen LogP contribution in [0.1, 0.15) is 50.6 Å². The molecule has 4 rings (SSSR count). The van der Waals surface area contributed by atoms with E-state index in [4.69, 9.17) is 0 Å². The maximum Gasteiger partial charge on any atom is 0.242 e. The monoisotopic (exact) mass is 329 g/mol. The molecule has 0 atom stereocenters. The van der Waals surface area contributed by atoms with Crippen LogP contribution in [0.3, 0.4) is 0 Å². The molecule has 0 bridgehead atoms. The van der Waals surface area contributed by atoms with Gasteiger partial charge in [0.2, 0.25) is 11.8 Å². The van der Waals surface area contributed by atoms with E-state index in [-0.39, 0.29) is 24.3 Å². The largest absolute Gasteiger partial charge is 0.353 e. The number of aromatic nitrogens is 1. The third kappa shape index (κ3) is 3.21. The van der Waals surface area contributed by atoms with E-state index >= 15 is 0 Å². The van der Waals surface area contributed by atoms with Crippen LogP contribution in [0.2, 0.25) is 0 Å². The van der Waals surface area contributed by atoms with Gasteiger partial charge in [-0.1, -0.05) is 6.42 Å². The zero-order valence-electron chi connectivity index (χ0n) is 14.5. The van der Waals surface area contributed by atoms with E-state index in [1.807, 2.05) is 29.1 Å². The lowest BCUT2D eigenvalue weighted by molar-refractivity contribution is -0.145. The van der Waals surface area contributed by atoms with Crippen molar-refractivity contribution in [2.45, 2.75) is 63.6 Å². The molecular weight excluding hydrogens is 302 g/mol. The second-order valence-electron chi connectivity index (χ2n) is 7.69. The summed E-state index contributed by atoms with van der Waals surface area (Å²) in [5.74, 6) is 0.533. The Labute approximate surface area is 143 Å².